The first-order valence-corrected chi connectivity index (χ1v) is 20.0. The highest BCUT2D eigenvalue weighted by atomic mass is 28.3. The van der Waals surface area contributed by atoms with Crippen LogP contribution >= 0.6 is 0 Å². The lowest BCUT2D eigenvalue weighted by Crippen LogP contribution is -2.74. The number of benzene rings is 8. The molecule has 1 aromatic heterocycles. The molecule has 0 saturated heterocycles. The number of aromatic nitrogens is 1. The Balaban J connectivity index is 1.36. The standard InChI is InChI=1S/C49H34FN3Si/c50-37-23-27-40(28-24-37)53-48-31-29-41(52(38-13-5-1-6-14-38)39-25-21-36(35-51)22-26-39)33-46(48)47-34-45(30-32-49(47)53)54(42-15-7-2-8-16-42,43-17-9-3-10-18-43)44-19-11-4-12-20-44/h1-34H. The summed E-state index contributed by atoms with van der Waals surface area (Å²) in [6, 6.07) is 73.4. The van der Waals surface area contributed by atoms with Crippen LogP contribution in [-0.2, 0) is 0 Å². The first-order valence-electron chi connectivity index (χ1n) is 18.0. The van der Waals surface area contributed by atoms with E-state index in [4.69, 9.17) is 0 Å². The molecular weight excluding hydrogens is 678 g/mol. The third-order valence-corrected chi connectivity index (χ3v) is 15.2. The molecule has 0 aliphatic rings. The molecule has 0 fully saturated rings. The van der Waals surface area contributed by atoms with E-state index in [1.807, 2.05) is 54.6 Å². The van der Waals surface area contributed by atoms with Crippen LogP contribution in [-0.4, -0.2) is 12.6 Å². The monoisotopic (exact) mass is 711 g/mol. The molecular formula is C49H34FN3Si. The van der Waals surface area contributed by atoms with Gasteiger partial charge in [0, 0.05) is 33.5 Å². The summed E-state index contributed by atoms with van der Waals surface area (Å²) in [6.07, 6.45) is 0. The minimum absolute atomic E-state index is 0.269. The van der Waals surface area contributed by atoms with Gasteiger partial charge in [-0.25, -0.2) is 4.39 Å². The first kappa shape index (κ1) is 32.9. The van der Waals surface area contributed by atoms with E-state index in [0.29, 0.717) is 5.56 Å². The van der Waals surface area contributed by atoms with Crippen molar-refractivity contribution in [3.05, 3.63) is 218 Å². The molecule has 0 unspecified atom stereocenters. The van der Waals surface area contributed by atoms with Gasteiger partial charge in [-0.05, 0) is 106 Å². The van der Waals surface area contributed by atoms with Crippen LogP contribution in [0.5, 0.6) is 0 Å². The van der Waals surface area contributed by atoms with Crippen LogP contribution in [0.4, 0.5) is 21.5 Å². The summed E-state index contributed by atoms with van der Waals surface area (Å²) in [5.74, 6) is -0.269. The molecule has 9 aromatic rings. The fourth-order valence-electron chi connectivity index (χ4n) is 8.03. The summed E-state index contributed by atoms with van der Waals surface area (Å²) in [4.78, 5) is 2.22. The molecule has 3 nitrogen and oxygen atoms in total. The smallest absolute Gasteiger partial charge is 0.179 e. The molecule has 1 heterocycles. The number of para-hydroxylation sites is 1. The predicted molar refractivity (Wildman–Crippen MR) is 224 cm³/mol. The fourth-order valence-corrected chi connectivity index (χ4v) is 12.8. The zero-order chi connectivity index (χ0) is 36.5. The second-order valence-corrected chi connectivity index (χ2v) is 17.2. The maximum Gasteiger partial charge on any atom is 0.179 e. The van der Waals surface area contributed by atoms with Crippen LogP contribution in [0.2, 0.25) is 0 Å². The summed E-state index contributed by atoms with van der Waals surface area (Å²) >= 11 is 0. The summed E-state index contributed by atoms with van der Waals surface area (Å²) in [6.45, 7) is 0. The second-order valence-electron chi connectivity index (χ2n) is 13.4. The van der Waals surface area contributed by atoms with E-state index in [1.54, 1.807) is 0 Å². The van der Waals surface area contributed by atoms with Crippen LogP contribution in [0.1, 0.15) is 5.56 Å². The largest absolute Gasteiger partial charge is 0.310 e. The maximum atomic E-state index is 14.3. The highest BCUT2D eigenvalue weighted by Crippen LogP contribution is 2.39. The molecule has 0 radical (unpaired) electrons. The highest BCUT2D eigenvalue weighted by Gasteiger charge is 2.41. The molecule has 54 heavy (non-hydrogen) atoms. The quantitative estimate of drug-likeness (QED) is 0.116. The maximum absolute atomic E-state index is 14.3. The molecule has 256 valence electrons. The number of rotatable bonds is 8. The molecule has 0 spiro atoms. The Labute approximate surface area is 315 Å². The van der Waals surface area contributed by atoms with Crippen LogP contribution < -0.4 is 25.6 Å². The van der Waals surface area contributed by atoms with Gasteiger partial charge in [-0.15, -0.1) is 0 Å². The third kappa shape index (κ3) is 5.57. The van der Waals surface area contributed by atoms with Crippen LogP contribution in [0, 0.1) is 17.1 Å². The molecule has 9 rings (SSSR count). The summed E-state index contributed by atoms with van der Waals surface area (Å²) in [5.41, 5.74) is 6.51. The SMILES string of the molecule is N#Cc1ccc(N(c2ccccc2)c2ccc3c(c2)c2cc([Si](c4ccccc4)(c4ccccc4)c4ccccc4)ccc2n3-c2ccc(F)cc2)cc1. The number of fused-ring (bicyclic) bond motifs is 3. The Hall–Kier alpha value is -7.00. The molecule has 0 saturated carbocycles. The van der Waals surface area contributed by atoms with E-state index in [9.17, 15) is 9.65 Å². The minimum atomic E-state index is -2.83. The van der Waals surface area contributed by atoms with E-state index in [-0.39, 0.29) is 5.82 Å². The van der Waals surface area contributed by atoms with Crippen molar-refractivity contribution in [3.63, 3.8) is 0 Å². The average Bonchev–Trinajstić information content (AvgIpc) is 3.56. The normalized spacial score (nSPS) is 11.4. The Kier molecular flexibility index (Phi) is 8.43. The first-order chi connectivity index (χ1) is 26.6. The lowest BCUT2D eigenvalue weighted by Gasteiger charge is -2.34. The van der Waals surface area contributed by atoms with Crippen LogP contribution in [0.15, 0.2) is 206 Å². The van der Waals surface area contributed by atoms with E-state index < -0.39 is 8.07 Å². The lowest BCUT2D eigenvalue weighted by atomic mass is 10.1. The summed E-state index contributed by atoms with van der Waals surface area (Å²) in [5, 5.41) is 16.9. The Morgan fingerprint density at radius 3 is 1.44 bits per heavy atom. The van der Waals surface area contributed by atoms with Crippen molar-refractivity contribution in [2.75, 3.05) is 4.90 Å². The number of hydrogen-bond acceptors (Lipinski definition) is 2. The van der Waals surface area contributed by atoms with Crippen molar-refractivity contribution < 1.29 is 4.39 Å². The van der Waals surface area contributed by atoms with Gasteiger partial charge >= 0.3 is 0 Å². The fraction of sp³-hybridized carbons (Fsp3) is 0. The predicted octanol–water partition coefficient (Wildman–Crippen LogP) is 9.64. The summed E-state index contributed by atoms with van der Waals surface area (Å²) < 4.78 is 16.5. The topological polar surface area (TPSA) is 32.0 Å². The average molecular weight is 712 g/mol. The molecule has 5 heteroatoms. The Bertz CT molecular complexity index is 2660. The van der Waals surface area contributed by atoms with Crippen molar-refractivity contribution in [2.45, 2.75) is 0 Å². The number of nitriles is 1. The molecule has 0 aliphatic carbocycles. The van der Waals surface area contributed by atoms with Gasteiger partial charge in [-0.1, -0.05) is 121 Å². The molecule has 0 N–H and O–H groups in total. The zero-order valence-electron chi connectivity index (χ0n) is 29.3. The van der Waals surface area contributed by atoms with Gasteiger partial charge in [0.25, 0.3) is 0 Å². The molecule has 8 aromatic carbocycles. The minimum Gasteiger partial charge on any atom is -0.310 e. The third-order valence-electron chi connectivity index (χ3n) is 10.4. The molecule has 0 atom stereocenters. The van der Waals surface area contributed by atoms with Gasteiger partial charge in [-0.2, -0.15) is 5.26 Å². The van der Waals surface area contributed by atoms with Crippen molar-refractivity contribution in [1.82, 2.24) is 4.57 Å². The van der Waals surface area contributed by atoms with Gasteiger partial charge in [0.15, 0.2) is 8.07 Å². The van der Waals surface area contributed by atoms with Gasteiger partial charge < -0.3 is 9.47 Å². The van der Waals surface area contributed by atoms with Crippen molar-refractivity contribution >= 4 is 67.7 Å². The van der Waals surface area contributed by atoms with Crippen molar-refractivity contribution in [2.24, 2.45) is 0 Å². The van der Waals surface area contributed by atoms with E-state index in [1.165, 1.54) is 32.9 Å². The Morgan fingerprint density at radius 1 is 0.444 bits per heavy atom. The van der Waals surface area contributed by atoms with E-state index in [2.05, 4.69) is 155 Å². The number of hydrogen-bond donors (Lipinski definition) is 0. The molecule has 0 amide bonds. The van der Waals surface area contributed by atoms with Gasteiger partial charge in [0.1, 0.15) is 5.82 Å². The van der Waals surface area contributed by atoms with Crippen LogP contribution in [0.3, 0.4) is 0 Å². The molecule has 0 bridgehead atoms. The van der Waals surface area contributed by atoms with Crippen molar-refractivity contribution in [3.8, 4) is 11.8 Å². The zero-order valence-corrected chi connectivity index (χ0v) is 30.3. The lowest BCUT2D eigenvalue weighted by molar-refractivity contribution is 0.627. The Morgan fingerprint density at radius 2 is 0.907 bits per heavy atom. The molecule has 0 aliphatic heterocycles. The van der Waals surface area contributed by atoms with Gasteiger partial charge in [0.05, 0.1) is 22.7 Å². The van der Waals surface area contributed by atoms with Crippen molar-refractivity contribution in [1.29, 1.82) is 5.26 Å². The van der Waals surface area contributed by atoms with Gasteiger partial charge in [0.2, 0.25) is 0 Å². The number of halogens is 1. The van der Waals surface area contributed by atoms with Gasteiger partial charge in [-0.3, -0.25) is 0 Å². The second kappa shape index (κ2) is 13.9. The summed E-state index contributed by atoms with van der Waals surface area (Å²) in [7, 11) is -2.83. The number of nitrogens with zero attached hydrogens (tertiary/aromatic N) is 3. The number of anilines is 3. The highest BCUT2D eigenvalue weighted by molar-refractivity contribution is 7.20. The van der Waals surface area contributed by atoms with E-state index >= 15 is 0 Å². The van der Waals surface area contributed by atoms with E-state index in [0.717, 1.165) is 44.6 Å². The van der Waals surface area contributed by atoms with Crippen LogP contribution in [0.25, 0.3) is 27.5 Å².